The third-order valence-corrected chi connectivity index (χ3v) is 2.74. The van der Waals surface area contributed by atoms with E-state index in [0.717, 1.165) is 11.3 Å². The summed E-state index contributed by atoms with van der Waals surface area (Å²) in [4.78, 5) is 11.6. The third kappa shape index (κ3) is 3.42. The second kappa shape index (κ2) is 5.24. The molecule has 1 aromatic heterocycles. The van der Waals surface area contributed by atoms with Crippen molar-refractivity contribution in [3.8, 4) is 5.69 Å². The van der Waals surface area contributed by atoms with Gasteiger partial charge in [-0.25, -0.2) is 4.68 Å². The zero-order chi connectivity index (χ0) is 13.9. The normalized spacial score (nSPS) is 11.3. The first-order valence-electron chi connectivity index (χ1n) is 6.13. The molecule has 100 valence electrons. The lowest BCUT2D eigenvalue weighted by atomic mass is 10.1. The van der Waals surface area contributed by atoms with Gasteiger partial charge in [0.1, 0.15) is 0 Å². The van der Waals surface area contributed by atoms with E-state index in [9.17, 15) is 4.79 Å². The second-order valence-electron chi connectivity index (χ2n) is 5.02. The summed E-state index contributed by atoms with van der Waals surface area (Å²) in [7, 11) is 0. The Hall–Kier alpha value is -2.14. The molecule has 0 aliphatic heterocycles. The van der Waals surface area contributed by atoms with Crippen LogP contribution in [0.3, 0.4) is 0 Å². The standard InChI is InChI=1S/C14H18N4O/c1-14(2,15)13(19)16-10-11-4-6-12(7-5-11)18-9-3-8-17-18/h3-9H,10,15H2,1-2H3,(H,16,19). The van der Waals surface area contributed by atoms with Gasteiger partial charge in [0, 0.05) is 18.9 Å². The quantitative estimate of drug-likeness (QED) is 0.866. The molecule has 2 aromatic rings. The summed E-state index contributed by atoms with van der Waals surface area (Å²) < 4.78 is 1.78. The van der Waals surface area contributed by atoms with E-state index in [1.165, 1.54) is 0 Å². The number of rotatable bonds is 4. The molecule has 0 saturated carbocycles. The van der Waals surface area contributed by atoms with Gasteiger partial charge in [0.2, 0.25) is 5.91 Å². The van der Waals surface area contributed by atoms with Gasteiger partial charge in [0.15, 0.2) is 0 Å². The lowest BCUT2D eigenvalue weighted by Gasteiger charge is -2.17. The monoisotopic (exact) mass is 258 g/mol. The average molecular weight is 258 g/mol. The van der Waals surface area contributed by atoms with E-state index >= 15 is 0 Å². The van der Waals surface area contributed by atoms with E-state index in [2.05, 4.69) is 10.4 Å². The minimum absolute atomic E-state index is 0.163. The number of nitrogens with two attached hydrogens (primary N) is 1. The molecular weight excluding hydrogens is 240 g/mol. The van der Waals surface area contributed by atoms with Crippen LogP contribution in [-0.4, -0.2) is 21.2 Å². The predicted molar refractivity (Wildman–Crippen MR) is 73.7 cm³/mol. The first-order valence-corrected chi connectivity index (χ1v) is 6.13. The second-order valence-corrected chi connectivity index (χ2v) is 5.02. The van der Waals surface area contributed by atoms with Gasteiger partial charge in [-0.05, 0) is 37.6 Å². The number of aromatic nitrogens is 2. The number of amides is 1. The van der Waals surface area contributed by atoms with E-state index in [0.29, 0.717) is 6.54 Å². The molecule has 0 radical (unpaired) electrons. The largest absolute Gasteiger partial charge is 0.350 e. The average Bonchev–Trinajstić information content (AvgIpc) is 2.89. The van der Waals surface area contributed by atoms with Gasteiger partial charge in [-0.15, -0.1) is 0 Å². The maximum absolute atomic E-state index is 11.6. The molecule has 0 aliphatic carbocycles. The molecule has 0 saturated heterocycles. The Morgan fingerprint density at radius 3 is 2.58 bits per heavy atom. The van der Waals surface area contributed by atoms with E-state index in [1.807, 2.05) is 36.5 Å². The van der Waals surface area contributed by atoms with Crippen LogP contribution in [0, 0.1) is 0 Å². The Balaban J connectivity index is 1.98. The molecular formula is C14H18N4O. The summed E-state index contributed by atoms with van der Waals surface area (Å²) in [5, 5.41) is 6.96. The predicted octanol–water partition coefficient (Wildman–Crippen LogP) is 1.23. The lowest BCUT2D eigenvalue weighted by molar-refractivity contribution is -0.125. The zero-order valence-electron chi connectivity index (χ0n) is 11.1. The van der Waals surface area contributed by atoms with Crippen molar-refractivity contribution >= 4 is 5.91 Å². The van der Waals surface area contributed by atoms with Crippen molar-refractivity contribution in [2.75, 3.05) is 0 Å². The molecule has 0 aliphatic rings. The van der Waals surface area contributed by atoms with Crippen LogP contribution in [0.15, 0.2) is 42.7 Å². The molecule has 19 heavy (non-hydrogen) atoms. The highest BCUT2D eigenvalue weighted by Crippen LogP contribution is 2.08. The first kappa shape index (κ1) is 13.3. The van der Waals surface area contributed by atoms with Crippen molar-refractivity contribution < 1.29 is 4.79 Å². The fraction of sp³-hybridized carbons (Fsp3) is 0.286. The van der Waals surface area contributed by atoms with Crippen molar-refractivity contribution in [2.24, 2.45) is 5.73 Å². The lowest BCUT2D eigenvalue weighted by Crippen LogP contribution is -2.48. The molecule has 0 spiro atoms. The van der Waals surface area contributed by atoms with Crippen LogP contribution in [0.4, 0.5) is 0 Å². The molecule has 1 aromatic carbocycles. The molecule has 1 amide bonds. The minimum Gasteiger partial charge on any atom is -0.350 e. The summed E-state index contributed by atoms with van der Waals surface area (Å²) in [5.41, 5.74) is 6.86. The molecule has 0 atom stereocenters. The highest BCUT2D eigenvalue weighted by Gasteiger charge is 2.20. The van der Waals surface area contributed by atoms with Crippen LogP contribution in [0.1, 0.15) is 19.4 Å². The van der Waals surface area contributed by atoms with E-state index in [1.54, 1.807) is 24.7 Å². The Labute approximate surface area is 112 Å². The topological polar surface area (TPSA) is 72.9 Å². The molecule has 5 heteroatoms. The summed E-state index contributed by atoms with van der Waals surface area (Å²) in [5.74, 6) is -0.163. The van der Waals surface area contributed by atoms with Gasteiger partial charge in [-0.1, -0.05) is 12.1 Å². The number of hydrogen-bond acceptors (Lipinski definition) is 3. The van der Waals surface area contributed by atoms with Crippen LogP contribution < -0.4 is 11.1 Å². The highest BCUT2D eigenvalue weighted by molar-refractivity contribution is 5.84. The smallest absolute Gasteiger partial charge is 0.239 e. The number of carbonyl (C=O) groups is 1. The maximum Gasteiger partial charge on any atom is 0.239 e. The first-order chi connectivity index (χ1) is 8.97. The SMILES string of the molecule is CC(C)(N)C(=O)NCc1ccc(-n2cccn2)cc1. The Morgan fingerprint density at radius 1 is 1.37 bits per heavy atom. The van der Waals surface area contributed by atoms with E-state index in [4.69, 9.17) is 5.73 Å². The summed E-state index contributed by atoms with van der Waals surface area (Å²) >= 11 is 0. The number of nitrogens with zero attached hydrogens (tertiary/aromatic N) is 2. The van der Waals surface area contributed by atoms with Gasteiger partial charge < -0.3 is 11.1 Å². The molecule has 2 rings (SSSR count). The number of nitrogens with one attached hydrogen (secondary N) is 1. The molecule has 0 unspecified atom stereocenters. The summed E-state index contributed by atoms with van der Waals surface area (Å²) in [6.07, 6.45) is 3.62. The van der Waals surface area contributed by atoms with Crippen LogP contribution in [0.25, 0.3) is 5.69 Å². The maximum atomic E-state index is 11.6. The van der Waals surface area contributed by atoms with Gasteiger partial charge >= 0.3 is 0 Å². The minimum atomic E-state index is -0.852. The van der Waals surface area contributed by atoms with Crippen molar-refractivity contribution in [3.05, 3.63) is 48.3 Å². The van der Waals surface area contributed by atoms with Crippen LogP contribution in [0.2, 0.25) is 0 Å². The Morgan fingerprint density at radius 2 is 2.05 bits per heavy atom. The zero-order valence-corrected chi connectivity index (χ0v) is 11.1. The number of hydrogen-bond donors (Lipinski definition) is 2. The van der Waals surface area contributed by atoms with Crippen LogP contribution >= 0.6 is 0 Å². The number of benzene rings is 1. The van der Waals surface area contributed by atoms with Crippen LogP contribution in [-0.2, 0) is 11.3 Å². The fourth-order valence-electron chi connectivity index (χ4n) is 1.60. The summed E-state index contributed by atoms with van der Waals surface area (Å²) in [6.45, 7) is 3.84. The highest BCUT2D eigenvalue weighted by atomic mass is 16.2. The van der Waals surface area contributed by atoms with Gasteiger partial charge in [-0.3, -0.25) is 4.79 Å². The number of carbonyl (C=O) groups excluding carboxylic acids is 1. The molecule has 1 heterocycles. The molecule has 3 N–H and O–H groups in total. The molecule has 5 nitrogen and oxygen atoms in total. The van der Waals surface area contributed by atoms with Gasteiger partial charge in [0.05, 0.1) is 11.2 Å². The van der Waals surface area contributed by atoms with Crippen molar-refractivity contribution in [2.45, 2.75) is 25.9 Å². The molecule has 0 bridgehead atoms. The third-order valence-electron chi connectivity index (χ3n) is 2.74. The van der Waals surface area contributed by atoms with Crippen LogP contribution in [0.5, 0.6) is 0 Å². The Bertz CT molecular complexity index is 538. The fourth-order valence-corrected chi connectivity index (χ4v) is 1.60. The van der Waals surface area contributed by atoms with Gasteiger partial charge in [-0.2, -0.15) is 5.10 Å². The Kier molecular flexibility index (Phi) is 3.66. The van der Waals surface area contributed by atoms with Crippen molar-refractivity contribution in [1.29, 1.82) is 0 Å². The van der Waals surface area contributed by atoms with E-state index < -0.39 is 5.54 Å². The van der Waals surface area contributed by atoms with E-state index in [-0.39, 0.29) is 5.91 Å². The molecule has 0 fully saturated rings. The summed E-state index contributed by atoms with van der Waals surface area (Å²) in [6, 6.07) is 9.71. The van der Waals surface area contributed by atoms with Crippen molar-refractivity contribution in [1.82, 2.24) is 15.1 Å². The van der Waals surface area contributed by atoms with Crippen molar-refractivity contribution in [3.63, 3.8) is 0 Å². The van der Waals surface area contributed by atoms with Gasteiger partial charge in [0.25, 0.3) is 0 Å².